The fourth-order valence-corrected chi connectivity index (χ4v) is 1.68. The molecule has 19 heavy (non-hydrogen) atoms. The van der Waals surface area contributed by atoms with Crippen LogP contribution in [0.2, 0.25) is 0 Å². The summed E-state index contributed by atoms with van der Waals surface area (Å²) in [6, 6.07) is 12.1. The molecule has 0 saturated heterocycles. The normalized spacial score (nSPS) is 12.0. The van der Waals surface area contributed by atoms with Gasteiger partial charge in [0.15, 0.2) is 0 Å². The summed E-state index contributed by atoms with van der Waals surface area (Å²) in [6.45, 7) is 0. The van der Waals surface area contributed by atoms with Gasteiger partial charge < -0.3 is 0 Å². The molecule has 2 heterocycles. The summed E-state index contributed by atoms with van der Waals surface area (Å²) in [5, 5.41) is 2.28. The number of benzene rings is 1. The van der Waals surface area contributed by atoms with Gasteiger partial charge in [-0.15, -0.1) is 0 Å². The number of pyridine rings is 2. The molecule has 0 bridgehead atoms. The van der Waals surface area contributed by atoms with Crippen LogP contribution < -0.4 is 0 Å². The van der Waals surface area contributed by atoms with Crippen LogP contribution in [0.15, 0.2) is 48.8 Å². The molecule has 0 aliphatic heterocycles. The average Bonchev–Trinajstić information content (AvgIpc) is 2.37. The van der Waals surface area contributed by atoms with E-state index in [0.717, 1.165) is 21.8 Å². The minimum absolute atomic E-state index is 0.977. The largest absolute Gasteiger partial charge is 0.254 e. The van der Waals surface area contributed by atoms with Crippen LogP contribution in [0.3, 0.4) is 0 Å². The minimum atomic E-state index is -4.08. The van der Waals surface area contributed by atoms with Crippen molar-refractivity contribution in [3.63, 3.8) is 0 Å². The van der Waals surface area contributed by atoms with Crippen molar-refractivity contribution in [2.45, 2.75) is 0 Å². The molecule has 0 unspecified atom stereocenters. The summed E-state index contributed by atoms with van der Waals surface area (Å²) in [6.07, 6.45) is 3.60. The molecule has 0 amide bonds. The quantitative estimate of drug-likeness (QED) is 0.464. The fourth-order valence-electron chi connectivity index (χ4n) is 1.68. The number of fused-ring (bicyclic) bond motifs is 3. The first-order valence-corrected chi connectivity index (χ1v) is 12.2. The monoisotopic (exact) mass is 382 g/mol. The SMILES string of the molecule is [OH][Mo]([OH])([Cl])[Cl].c1cnc2c(c1)ccc1cccnc12. The third-order valence-corrected chi connectivity index (χ3v) is 2.34. The van der Waals surface area contributed by atoms with E-state index in [1.807, 2.05) is 12.1 Å². The number of hydrogen-bond donors (Lipinski definition) is 2. The van der Waals surface area contributed by atoms with Crippen LogP contribution in [-0.2, 0) is 14.7 Å². The van der Waals surface area contributed by atoms with Crippen molar-refractivity contribution in [3.05, 3.63) is 48.8 Å². The van der Waals surface area contributed by atoms with E-state index >= 15 is 0 Å². The van der Waals surface area contributed by atoms with Crippen LogP contribution in [0, 0.1) is 0 Å². The van der Waals surface area contributed by atoms with Crippen LogP contribution in [0.5, 0.6) is 0 Å². The first kappa shape index (κ1) is 14.6. The van der Waals surface area contributed by atoms with Crippen LogP contribution in [0.4, 0.5) is 0 Å². The molecule has 1 aromatic carbocycles. The Morgan fingerprint density at radius 2 is 1.16 bits per heavy atom. The number of hydrogen-bond acceptors (Lipinski definition) is 4. The third kappa shape index (κ3) is 4.37. The molecule has 0 spiro atoms. The predicted molar refractivity (Wildman–Crippen MR) is 73.2 cm³/mol. The number of halogens is 2. The van der Waals surface area contributed by atoms with Gasteiger partial charge in [-0.2, -0.15) is 0 Å². The molecule has 100 valence electrons. The molecule has 7 heteroatoms. The predicted octanol–water partition coefficient (Wildman–Crippen LogP) is 3.05. The van der Waals surface area contributed by atoms with E-state index in [9.17, 15) is 0 Å². The smallest absolute Gasteiger partial charge is 0.0964 e. The van der Waals surface area contributed by atoms with Crippen molar-refractivity contribution >= 4 is 40.6 Å². The van der Waals surface area contributed by atoms with Gasteiger partial charge in [0.05, 0.1) is 11.0 Å². The van der Waals surface area contributed by atoms with Crippen LogP contribution in [-0.4, -0.2) is 17.5 Å². The van der Waals surface area contributed by atoms with Crippen molar-refractivity contribution in [2.75, 3.05) is 0 Å². The Bertz CT molecular complexity index is 643. The number of nitrogens with zero attached hydrogens (tertiary/aromatic N) is 2. The molecule has 2 N–H and O–H groups in total. The zero-order chi connectivity index (χ0) is 13.9. The first-order chi connectivity index (χ1) is 8.95. The standard InChI is InChI=1S/C12H8N2.2ClH.Mo.2H2O/c1-3-9-5-6-10-4-2-8-14-12(10)11(9)13-7-1;;;;;/h1-8H;2*1H;;2*1H2/q;;;+4;;/p-4. The van der Waals surface area contributed by atoms with Crippen molar-refractivity contribution in [3.8, 4) is 0 Å². The van der Waals surface area contributed by atoms with E-state index < -0.39 is 14.7 Å². The molecule has 0 atom stereocenters. The molecule has 3 aromatic rings. The topological polar surface area (TPSA) is 66.2 Å². The van der Waals surface area contributed by atoms with Crippen molar-refractivity contribution in [1.29, 1.82) is 0 Å². The zero-order valence-corrected chi connectivity index (χ0v) is 13.1. The maximum atomic E-state index is 7.80. The van der Waals surface area contributed by atoms with E-state index in [1.54, 1.807) is 12.4 Å². The maximum absolute atomic E-state index is 7.80. The Morgan fingerprint density at radius 1 is 0.789 bits per heavy atom. The van der Waals surface area contributed by atoms with Gasteiger partial charge in [-0.05, 0) is 12.1 Å². The van der Waals surface area contributed by atoms with Gasteiger partial charge in [0.25, 0.3) is 0 Å². The van der Waals surface area contributed by atoms with Gasteiger partial charge in [-0.1, -0.05) is 24.3 Å². The van der Waals surface area contributed by atoms with Gasteiger partial charge in [0, 0.05) is 23.2 Å². The van der Waals surface area contributed by atoms with Gasteiger partial charge in [0.2, 0.25) is 0 Å². The van der Waals surface area contributed by atoms with Gasteiger partial charge in [-0.25, -0.2) is 0 Å². The molecule has 0 fully saturated rings. The Labute approximate surface area is 121 Å². The number of rotatable bonds is 0. The second kappa shape index (κ2) is 6.12. The number of aromatic nitrogens is 2. The molecule has 0 radical (unpaired) electrons. The molecule has 0 aliphatic carbocycles. The van der Waals surface area contributed by atoms with Crippen molar-refractivity contribution < 1.29 is 22.3 Å². The molecule has 2 aromatic heterocycles. The third-order valence-electron chi connectivity index (χ3n) is 2.34. The van der Waals surface area contributed by atoms with Crippen LogP contribution in [0.1, 0.15) is 0 Å². The summed E-state index contributed by atoms with van der Waals surface area (Å²) >= 11 is -4.08. The molecular weight excluding hydrogens is 371 g/mol. The Morgan fingerprint density at radius 3 is 1.53 bits per heavy atom. The van der Waals surface area contributed by atoms with Gasteiger partial charge >= 0.3 is 41.1 Å². The van der Waals surface area contributed by atoms with E-state index in [-0.39, 0.29) is 0 Å². The zero-order valence-electron chi connectivity index (χ0n) is 9.57. The fraction of sp³-hybridized carbons (Fsp3) is 0. The van der Waals surface area contributed by atoms with Gasteiger partial charge in [0.1, 0.15) is 0 Å². The maximum Gasteiger partial charge on any atom is 0.0964 e. The molecule has 4 nitrogen and oxygen atoms in total. The minimum Gasteiger partial charge on any atom is -0.254 e. The second-order valence-corrected chi connectivity index (χ2v) is 11.7. The van der Waals surface area contributed by atoms with Gasteiger partial charge in [-0.3, -0.25) is 9.97 Å². The molecule has 3 rings (SSSR count). The van der Waals surface area contributed by atoms with E-state index in [0.29, 0.717) is 0 Å². The molecule has 0 aliphatic rings. The summed E-state index contributed by atoms with van der Waals surface area (Å²) in [4.78, 5) is 8.69. The summed E-state index contributed by atoms with van der Waals surface area (Å²) in [7, 11) is 9.19. The van der Waals surface area contributed by atoms with E-state index in [4.69, 9.17) is 7.52 Å². The summed E-state index contributed by atoms with van der Waals surface area (Å²) in [5.74, 6) is 0. The Balaban J connectivity index is 0.000000232. The second-order valence-electron chi connectivity index (χ2n) is 3.63. The van der Waals surface area contributed by atoms with Crippen LogP contribution >= 0.6 is 18.8 Å². The van der Waals surface area contributed by atoms with E-state index in [2.05, 4.69) is 53.1 Å². The Kier molecular flexibility index (Phi) is 4.71. The Hall–Kier alpha value is -0.772. The van der Waals surface area contributed by atoms with Crippen LogP contribution in [0.25, 0.3) is 21.8 Å². The summed E-state index contributed by atoms with van der Waals surface area (Å²) in [5.41, 5.74) is 1.95. The van der Waals surface area contributed by atoms with Crippen molar-refractivity contribution in [2.24, 2.45) is 0 Å². The first-order valence-electron chi connectivity index (χ1n) is 5.21. The summed E-state index contributed by atoms with van der Waals surface area (Å²) < 4.78 is 15.6. The molecule has 0 saturated carbocycles. The van der Waals surface area contributed by atoms with Crippen molar-refractivity contribution in [1.82, 2.24) is 9.97 Å². The van der Waals surface area contributed by atoms with E-state index in [1.165, 1.54) is 0 Å². The average molecular weight is 381 g/mol. The molecular formula is C12H10Cl2MoN2O2.